The first-order chi connectivity index (χ1) is 16.0. The molecule has 5 heteroatoms. The molecule has 0 aliphatic carbocycles. The molecule has 0 heterocycles. The third kappa shape index (κ3) is 9.01. The van der Waals surface area contributed by atoms with Gasteiger partial charge in [0.1, 0.15) is 11.5 Å². The van der Waals surface area contributed by atoms with Gasteiger partial charge in [-0.1, -0.05) is 83.6 Å². The third-order valence-corrected chi connectivity index (χ3v) is 5.87. The zero-order valence-electron chi connectivity index (χ0n) is 20.5. The van der Waals surface area contributed by atoms with Crippen LogP contribution in [0.4, 0.5) is 0 Å². The van der Waals surface area contributed by atoms with Crippen molar-refractivity contribution in [3.05, 3.63) is 48.5 Å². The zero-order valence-corrected chi connectivity index (χ0v) is 20.5. The Bertz CT molecular complexity index is 842. The van der Waals surface area contributed by atoms with Crippen LogP contribution in [-0.2, 0) is 14.3 Å². The van der Waals surface area contributed by atoms with E-state index in [1.165, 1.54) is 32.8 Å². The first-order valence-electron chi connectivity index (χ1n) is 12.1. The molecule has 0 saturated heterocycles. The molecule has 0 aliphatic rings. The van der Waals surface area contributed by atoms with E-state index in [-0.39, 0.29) is 17.9 Å². The Hall–Kier alpha value is -2.66. The van der Waals surface area contributed by atoms with Crippen molar-refractivity contribution in [2.24, 2.45) is 5.92 Å². The van der Waals surface area contributed by atoms with Crippen molar-refractivity contribution in [1.82, 2.24) is 0 Å². The van der Waals surface area contributed by atoms with E-state index in [0.717, 1.165) is 30.4 Å². The molecule has 2 aromatic rings. The van der Waals surface area contributed by atoms with Crippen molar-refractivity contribution in [2.45, 2.75) is 78.2 Å². The van der Waals surface area contributed by atoms with Gasteiger partial charge in [-0.3, -0.25) is 4.79 Å². The van der Waals surface area contributed by atoms with Gasteiger partial charge in [0.05, 0.1) is 0 Å². The molecular weight excluding hydrogens is 416 g/mol. The molecule has 5 nitrogen and oxygen atoms in total. The lowest BCUT2D eigenvalue weighted by Crippen LogP contribution is -2.33. The van der Waals surface area contributed by atoms with Crippen molar-refractivity contribution in [3.8, 4) is 22.6 Å². The molecule has 0 aromatic heterocycles. The quantitative estimate of drug-likeness (QED) is 0.175. The normalized spacial score (nSPS) is 12.7. The second-order valence-corrected chi connectivity index (χ2v) is 8.50. The molecule has 0 bridgehead atoms. The second kappa shape index (κ2) is 14.5. The number of esters is 2. The van der Waals surface area contributed by atoms with Crippen LogP contribution in [0.1, 0.15) is 72.1 Å². The van der Waals surface area contributed by atoms with E-state index in [9.17, 15) is 9.59 Å². The second-order valence-electron chi connectivity index (χ2n) is 8.50. The van der Waals surface area contributed by atoms with Crippen LogP contribution in [0.2, 0.25) is 0 Å². The fraction of sp³-hybridized carbons (Fsp3) is 0.500. The number of carbonyl (C=O) groups excluding carboxylic acids is 2. The highest BCUT2D eigenvalue weighted by Crippen LogP contribution is 2.25. The smallest absolute Gasteiger partial charge is 0.340 e. The van der Waals surface area contributed by atoms with E-state index in [1.807, 2.05) is 38.1 Å². The Morgan fingerprint density at radius 2 is 1.27 bits per heavy atom. The van der Waals surface area contributed by atoms with Crippen LogP contribution in [0.25, 0.3) is 11.1 Å². The Morgan fingerprint density at radius 1 is 0.758 bits per heavy atom. The van der Waals surface area contributed by atoms with Crippen LogP contribution < -0.4 is 9.47 Å². The third-order valence-electron chi connectivity index (χ3n) is 5.87. The summed E-state index contributed by atoms with van der Waals surface area (Å²) in [6.45, 7) is 6.18. The molecule has 0 amide bonds. The average Bonchev–Trinajstić information content (AvgIpc) is 2.82. The Labute approximate surface area is 198 Å². The molecule has 180 valence electrons. The lowest BCUT2D eigenvalue weighted by molar-refractivity contribution is -0.148. The molecule has 0 radical (unpaired) electrons. The van der Waals surface area contributed by atoms with E-state index in [0.29, 0.717) is 17.9 Å². The number of unbranched alkanes of at least 4 members (excludes halogenated alkanes) is 5. The van der Waals surface area contributed by atoms with Gasteiger partial charge in [0.25, 0.3) is 0 Å². The minimum absolute atomic E-state index is 0.0835. The number of methoxy groups -OCH3 is 1. The fourth-order valence-corrected chi connectivity index (χ4v) is 3.61. The molecule has 2 atom stereocenters. The average molecular weight is 455 g/mol. The first-order valence-corrected chi connectivity index (χ1v) is 12.1. The van der Waals surface area contributed by atoms with Crippen molar-refractivity contribution in [3.63, 3.8) is 0 Å². The van der Waals surface area contributed by atoms with Gasteiger partial charge in [-0.2, -0.15) is 0 Å². The van der Waals surface area contributed by atoms with E-state index in [2.05, 4.69) is 6.92 Å². The monoisotopic (exact) mass is 454 g/mol. The lowest BCUT2D eigenvalue weighted by Gasteiger charge is -2.19. The molecule has 2 aromatic carbocycles. The summed E-state index contributed by atoms with van der Waals surface area (Å²) in [6.07, 6.45) is 7.56. The number of hydrogen-bond donors (Lipinski definition) is 0. The maximum atomic E-state index is 12.4. The van der Waals surface area contributed by atoms with Gasteiger partial charge >= 0.3 is 11.9 Å². The first kappa shape index (κ1) is 26.6. The SMILES string of the molecule is CCCCCCCCC(=O)Oc1ccc(-c2ccc(OC(=O)[C@@H](OC)[C@@H](C)CC)cc2)cc1. The number of ether oxygens (including phenoxy) is 3. The van der Waals surface area contributed by atoms with Crippen LogP contribution in [0.3, 0.4) is 0 Å². The van der Waals surface area contributed by atoms with E-state index >= 15 is 0 Å². The van der Waals surface area contributed by atoms with Crippen molar-refractivity contribution >= 4 is 11.9 Å². The molecule has 0 spiro atoms. The molecule has 0 N–H and O–H groups in total. The fourth-order valence-electron chi connectivity index (χ4n) is 3.61. The maximum Gasteiger partial charge on any atom is 0.340 e. The van der Waals surface area contributed by atoms with Crippen LogP contribution in [-0.4, -0.2) is 25.2 Å². The Morgan fingerprint density at radius 3 is 1.79 bits per heavy atom. The number of rotatable bonds is 14. The van der Waals surface area contributed by atoms with Crippen molar-refractivity contribution < 1.29 is 23.8 Å². The highest BCUT2D eigenvalue weighted by molar-refractivity contribution is 5.78. The molecule has 0 unspecified atom stereocenters. The summed E-state index contributed by atoms with van der Waals surface area (Å²) in [7, 11) is 1.52. The summed E-state index contributed by atoms with van der Waals surface area (Å²) in [4.78, 5) is 24.4. The summed E-state index contributed by atoms with van der Waals surface area (Å²) >= 11 is 0. The number of benzene rings is 2. The molecule has 0 fully saturated rings. The van der Waals surface area contributed by atoms with Gasteiger partial charge in [-0.15, -0.1) is 0 Å². The standard InChI is InChI=1S/C28H38O5/c1-5-7-8-9-10-11-12-26(29)32-24-17-13-22(14-18-24)23-15-19-25(20-16-23)33-28(30)27(31-4)21(3)6-2/h13-21,27H,5-12H2,1-4H3/t21-,27-/m0/s1. The van der Waals surface area contributed by atoms with Crippen molar-refractivity contribution in [2.75, 3.05) is 7.11 Å². The van der Waals surface area contributed by atoms with E-state index < -0.39 is 6.10 Å². The predicted molar refractivity (Wildman–Crippen MR) is 131 cm³/mol. The zero-order chi connectivity index (χ0) is 24.1. The lowest BCUT2D eigenvalue weighted by atomic mass is 10.0. The minimum Gasteiger partial charge on any atom is -0.427 e. The summed E-state index contributed by atoms with van der Waals surface area (Å²) < 4.78 is 16.2. The van der Waals surface area contributed by atoms with Gasteiger partial charge < -0.3 is 14.2 Å². The topological polar surface area (TPSA) is 61.8 Å². The number of carbonyl (C=O) groups is 2. The molecular formula is C28H38O5. The van der Waals surface area contributed by atoms with Gasteiger partial charge in [-0.25, -0.2) is 4.79 Å². The van der Waals surface area contributed by atoms with Gasteiger partial charge in [-0.05, 0) is 47.7 Å². The summed E-state index contributed by atoms with van der Waals surface area (Å²) in [6, 6.07) is 14.8. The summed E-state index contributed by atoms with van der Waals surface area (Å²) in [5.41, 5.74) is 1.96. The molecule has 2 rings (SSSR count). The summed E-state index contributed by atoms with van der Waals surface area (Å²) in [5, 5.41) is 0. The molecule has 0 saturated carbocycles. The predicted octanol–water partition coefficient (Wildman–Crippen LogP) is 6.98. The van der Waals surface area contributed by atoms with Crippen LogP contribution >= 0.6 is 0 Å². The highest BCUT2D eigenvalue weighted by Gasteiger charge is 2.25. The maximum absolute atomic E-state index is 12.4. The van der Waals surface area contributed by atoms with Crippen LogP contribution in [0, 0.1) is 5.92 Å². The van der Waals surface area contributed by atoms with Gasteiger partial charge in [0, 0.05) is 13.5 Å². The van der Waals surface area contributed by atoms with Gasteiger partial charge in [0.2, 0.25) is 0 Å². The molecule has 0 aliphatic heterocycles. The largest absolute Gasteiger partial charge is 0.427 e. The minimum atomic E-state index is -0.578. The Kier molecular flexibility index (Phi) is 11.7. The van der Waals surface area contributed by atoms with Crippen LogP contribution in [0.15, 0.2) is 48.5 Å². The Balaban J connectivity index is 1.85. The van der Waals surface area contributed by atoms with Gasteiger partial charge in [0.15, 0.2) is 6.10 Å². The highest BCUT2D eigenvalue weighted by atomic mass is 16.6. The summed E-state index contributed by atoms with van der Waals surface area (Å²) in [5.74, 6) is 0.549. The molecule has 33 heavy (non-hydrogen) atoms. The van der Waals surface area contributed by atoms with Crippen molar-refractivity contribution in [1.29, 1.82) is 0 Å². The van der Waals surface area contributed by atoms with Crippen LogP contribution in [0.5, 0.6) is 11.5 Å². The van der Waals surface area contributed by atoms with E-state index in [4.69, 9.17) is 14.2 Å². The number of hydrogen-bond acceptors (Lipinski definition) is 5. The van der Waals surface area contributed by atoms with E-state index in [1.54, 1.807) is 24.3 Å².